The second-order valence-electron chi connectivity index (χ2n) is 3.89. The molecule has 0 saturated carbocycles. The third kappa shape index (κ3) is 4.18. The number of rotatable bonds is 6. The first-order valence-electron chi connectivity index (χ1n) is 5.53. The molecule has 0 fully saturated rings. The third-order valence-corrected chi connectivity index (χ3v) is 2.54. The SMILES string of the molecule is CCC(N)Cc1ccn(CCCC#N)c1. The molecule has 3 nitrogen and oxygen atoms in total. The molecular weight excluding hydrogens is 186 g/mol. The van der Waals surface area contributed by atoms with Gasteiger partial charge in [-0.2, -0.15) is 5.26 Å². The molecule has 0 bridgehead atoms. The molecule has 1 aromatic rings. The van der Waals surface area contributed by atoms with Crippen LogP contribution in [0.5, 0.6) is 0 Å². The van der Waals surface area contributed by atoms with Gasteiger partial charge in [0.2, 0.25) is 0 Å². The van der Waals surface area contributed by atoms with Crippen LogP contribution in [0.1, 0.15) is 31.7 Å². The van der Waals surface area contributed by atoms with Crippen LogP contribution >= 0.6 is 0 Å². The summed E-state index contributed by atoms with van der Waals surface area (Å²) in [7, 11) is 0. The number of unbranched alkanes of at least 4 members (excludes halogenated alkanes) is 1. The Kier molecular flexibility index (Phi) is 4.92. The van der Waals surface area contributed by atoms with Crippen LogP contribution in [-0.4, -0.2) is 10.6 Å². The van der Waals surface area contributed by atoms with E-state index in [1.54, 1.807) is 0 Å². The first-order valence-corrected chi connectivity index (χ1v) is 5.53. The monoisotopic (exact) mass is 205 g/mol. The maximum absolute atomic E-state index is 8.42. The zero-order valence-electron chi connectivity index (χ0n) is 9.32. The molecule has 15 heavy (non-hydrogen) atoms. The summed E-state index contributed by atoms with van der Waals surface area (Å²) in [5.41, 5.74) is 7.18. The van der Waals surface area contributed by atoms with Crippen molar-refractivity contribution in [3.8, 4) is 6.07 Å². The van der Waals surface area contributed by atoms with Crippen molar-refractivity contribution in [2.75, 3.05) is 0 Å². The van der Waals surface area contributed by atoms with E-state index < -0.39 is 0 Å². The van der Waals surface area contributed by atoms with Gasteiger partial charge in [0.15, 0.2) is 0 Å². The second-order valence-corrected chi connectivity index (χ2v) is 3.89. The maximum atomic E-state index is 8.42. The van der Waals surface area contributed by atoms with E-state index in [4.69, 9.17) is 11.0 Å². The molecule has 0 saturated heterocycles. The number of nitriles is 1. The van der Waals surface area contributed by atoms with Crippen molar-refractivity contribution in [2.45, 2.75) is 45.2 Å². The lowest BCUT2D eigenvalue weighted by molar-refractivity contribution is 0.635. The van der Waals surface area contributed by atoms with Crippen LogP contribution in [-0.2, 0) is 13.0 Å². The topological polar surface area (TPSA) is 54.7 Å². The summed E-state index contributed by atoms with van der Waals surface area (Å²) in [6.45, 7) is 3.03. The average molecular weight is 205 g/mol. The Hall–Kier alpha value is -1.27. The predicted molar refractivity (Wildman–Crippen MR) is 61.2 cm³/mol. The second kappa shape index (κ2) is 6.26. The maximum Gasteiger partial charge on any atom is 0.0622 e. The minimum absolute atomic E-state index is 0.264. The number of aromatic nitrogens is 1. The molecule has 2 N–H and O–H groups in total. The van der Waals surface area contributed by atoms with Crippen LogP contribution in [0.4, 0.5) is 0 Å². The molecule has 0 aliphatic carbocycles. The Morgan fingerprint density at radius 3 is 3.07 bits per heavy atom. The van der Waals surface area contributed by atoms with E-state index in [-0.39, 0.29) is 6.04 Å². The van der Waals surface area contributed by atoms with Crippen LogP contribution in [0.25, 0.3) is 0 Å². The summed E-state index contributed by atoms with van der Waals surface area (Å²) in [6.07, 6.45) is 7.70. The van der Waals surface area contributed by atoms with Gasteiger partial charge >= 0.3 is 0 Å². The third-order valence-electron chi connectivity index (χ3n) is 2.54. The van der Waals surface area contributed by atoms with E-state index in [0.29, 0.717) is 6.42 Å². The van der Waals surface area contributed by atoms with Crippen molar-refractivity contribution < 1.29 is 0 Å². The highest BCUT2D eigenvalue weighted by Crippen LogP contribution is 2.06. The first kappa shape index (κ1) is 11.8. The fourth-order valence-electron chi connectivity index (χ4n) is 1.54. The van der Waals surface area contributed by atoms with E-state index in [0.717, 1.165) is 25.8 Å². The van der Waals surface area contributed by atoms with Crippen molar-refractivity contribution in [3.63, 3.8) is 0 Å². The molecule has 1 unspecified atom stereocenters. The summed E-state index contributed by atoms with van der Waals surface area (Å²) in [6, 6.07) is 4.53. The highest BCUT2D eigenvalue weighted by Gasteiger charge is 2.02. The van der Waals surface area contributed by atoms with E-state index in [1.807, 2.05) is 0 Å². The molecule has 3 heteroatoms. The Balaban J connectivity index is 2.39. The van der Waals surface area contributed by atoms with Gasteiger partial charge in [-0.05, 0) is 30.9 Å². The van der Waals surface area contributed by atoms with Gasteiger partial charge in [-0.3, -0.25) is 0 Å². The van der Waals surface area contributed by atoms with Crippen LogP contribution in [0, 0.1) is 11.3 Å². The van der Waals surface area contributed by atoms with Gasteiger partial charge in [-0.15, -0.1) is 0 Å². The molecule has 0 radical (unpaired) electrons. The van der Waals surface area contributed by atoms with Crippen LogP contribution in [0.3, 0.4) is 0 Å². The number of hydrogen-bond acceptors (Lipinski definition) is 2. The summed E-state index contributed by atoms with van der Waals surface area (Å²) in [4.78, 5) is 0. The van der Waals surface area contributed by atoms with Crippen molar-refractivity contribution in [1.82, 2.24) is 4.57 Å². The molecule has 0 aromatic carbocycles. The summed E-state index contributed by atoms with van der Waals surface area (Å²) in [5, 5.41) is 8.42. The minimum atomic E-state index is 0.264. The highest BCUT2D eigenvalue weighted by molar-refractivity contribution is 5.11. The number of nitrogens with zero attached hydrogens (tertiary/aromatic N) is 2. The lowest BCUT2D eigenvalue weighted by Crippen LogP contribution is -2.21. The molecule has 1 atom stereocenters. The molecule has 0 amide bonds. The Morgan fingerprint density at radius 2 is 2.40 bits per heavy atom. The largest absolute Gasteiger partial charge is 0.354 e. The van der Waals surface area contributed by atoms with Gasteiger partial charge < -0.3 is 10.3 Å². The number of aryl methyl sites for hydroxylation is 1. The summed E-state index contributed by atoms with van der Waals surface area (Å²) >= 11 is 0. The molecule has 0 spiro atoms. The van der Waals surface area contributed by atoms with Crippen molar-refractivity contribution in [3.05, 3.63) is 24.0 Å². The minimum Gasteiger partial charge on any atom is -0.354 e. The highest BCUT2D eigenvalue weighted by atomic mass is 14.9. The standard InChI is InChI=1S/C12H19N3/c1-2-12(14)9-11-5-8-15(10-11)7-4-3-6-13/h5,8,10,12H,2-4,7,9,14H2,1H3. The van der Waals surface area contributed by atoms with Gasteiger partial charge in [-0.1, -0.05) is 6.92 Å². The van der Waals surface area contributed by atoms with Crippen molar-refractivity contribution in [2.24, 2.45) is 5.73 Å². The van der Waals surface area contributed by atoms with Gasteiger partial charge in [-0.25, -0.2) is 0 Å². The summed E-state index contributed by atoms with van der Waals surface area (Å²) < 4.78 is 2.13. The Bertz CT molecular complexity index is 322. The number of hydrogen-bond donors (Lipinski definition) is 1. The zero-order chi connectivity index (χ0) is 11.1. The fraction of sp³-hybridized carbons (Fsp3) is 0.583. The predicted octanol–water partition coefficient (Wildman–Crippen LogP) is 2.07. The van der Waals surface area contributed by atoms with E-state index >= 15 is 0 Å². The lowest BCUT2D eigenvalue weighted by Gasteiger charge is -2.05. The van der Waals surface area contributed by atoms with E-state index in [1.165, 1.54) is 5.56 Å². The van der Waals surface area contributed by atoms with Crippen LogP contribution in [0.15, 0.2) is 18.5 Å². The van der Waals surface area contributed by atoms with E-state index in [2.05, 4.69) is 36.0 Å². The quantitative estimate of drug-likeness (QED) is 0.723. The summed E-state index contributed by atoms with van der Waals surface area (Å²) in [5.74, 6) is 0. The Morgan fingerprint density at radius 1 is 1.60 bits per heavy atom. The normalized spacial score (nSPS) is 12.3. The Labute approximate surface area is 91.5 Å². The van der Waals surface area contributed by atoms with Crippen LogP contribution < -0.4 is 5.73 Å². The molecular formula is C12H19N3. The molecule has 0 aliphatic rings. The van der Waals surface area contributed by atoms with Gasteiger partial charge in [0.1, 0.15) is 0 Å². The van der Waals surface area contributed by atoms with Gasteiger partial charge in [0.05, 0.1) is 6.07 Å². The van der Waals surface area contributed by atoms with Crippen molar-refractivity contribution >= 4 is 0 Å². The van der Waals surface area contributed by atoms with Crippen molar-refractivity contribution in [1.29, 1.82) is 5.26 Å². The number of nitrogens with two attached hydrogens (primary N) is 1. The molecule has 0 aliphatic heterocycles. The average Bonchev–Trinajstić information content (AvgIpc) is 2.66. The molecule has 82 valence electrons. The van der Waals surface area contributed by atoms with Crippen LogP contribution in [0.2, 0.25) is 0 Å². The fourth-order valence-corrected chi connectivity index (χ4v) is 1.54. The lowest BCUT2D eigenvalue weighted by atomic mass is 10.1. The molecule has 1 aromatic heterocycles. The zero-order valence-corrected chi connectivity index (χ0v) is 9.32. The van der Waals surface area contributed by atoms with Gasteiger partial charge in [0.25, 0.3) is 0 Å². The van der Waals surface area contributed by atoms with Gasteiger partial charge in [0, 0.05) is 31.4 Å². The smallest absolute Gasteiger partial charge is 0.0622 e. The molecule has 1 rings (SSSR count). The molecule has 1 heterocycles. The first-order chi connectivity index (χ1) is 7.26. The van der Waals surface area contributed by atoms with E-state index in [9.17, 15) is 0 Å².